The third-order valence-corrected chi connectivity index (χ3v) is 24.9. The normalized spacial score (nSPS) is 12.6. The van der Waals surface area contributed by atoms with Crippen LogP contribution in [0.5, 0.6) is 0 Å². The van der Waals surface area contributed by atoms with Crippen LogP contribution in [0.2, 0.25) is 0 Å². The Morgan fingerprint density at radius 3 is 0.758 bits per heavy atom. The second-order valence-corrected chi connectivity index (χ2v) is 31.4. The highest BCUT2D eigenvalue weighted by Crippen LogP contribution is 2.60. The highest BCUT2D eigenvalue weighted by atomic mass is 15.1. The molecule has 0 saturated heterocycles. The Labute approximate surface area is 699 Å². The minimum Gasteiger partial charge on any atom is -0.310 e. The molecule has 0 N–H and O–H groups in total. The number of anilines is 6. The Morgan fingerprint density at radius 1 is 0.158 bits per heavy atom. The minimum atomic E-state index is -0.501. The van der Waals surface area contributed by atoms with Crippen LogP contribution in [0.3, 0.4) is 0 Å². The maximum Gasteiger partial charge on any atom is 0.0714 e. The summed E-state index contributed by atoms with van der Waals surface area (Å²) >= 11 is 0. The van der Waals surface area contributed by atoms with Crippen molar-refractivity contribution in [2.24, 2.45) is 0 Å². The van der Waals surface area contributed by atoms with E-state index in [1.165, 1.54) is 138 Å². The molecule has 2 aliphatic carbocycles. The Morgan fingerprint density at radius 2 is 0.408 bits per heavy atom. The van der Waals surface area contributed by atoms with Crippen molar-refractivity contribution >= 4 is 77.7 Å². The zero-order chi connectivity index (χ0) is 79.5. The van der Waals surface area contributed by atoms with Crippen molar-refractivity contribution in [2.45, 2.75) is 10.8 Å². The molecule has 2 aliphatic rings. The summed E-state index contributed by atoms with van der Waals surface area (Å²) in [4.78, 5) is 4.80. The van der Waals surface area contributed by atoms with E-state index in [2.05, 4.69) is 504 Å². The standard InChI is InChI=1S/C61H42N2.C55H38N2/c1-4-17-43(18-5-1)44-31-35-49(36-32-44)62(50-37-33-45(34-38-50)46-19-16-24-51(41-46)63-59-29-14-11-26-55(59)56-27-12-15-30-60(56)63)52-39-40-54-53-25-10-13-28-57(53)61(58(54)42-52,47-20-6-2-7-21-47)48-22-8-3-9-23-48;1-4-18-41(19-5-1)55(42-20-6-2-7-21-42)51-28-13-10-25-47(51)48-36-35-46(38-52(48)55)56(43-22-8-3-9-23-43)44-33-31-39(32-34-44)40-17-16-24-45(37-40)57-53-29-14-11-26-49(53)50-27-12-15-30-54(50)57/h1-42H;1-38H. The summed E-state index contributed by atoms with van der Waals surface area (Å²) in [5.41, 5.74) is 35.2. The first-order valence-electron chi connectivity index (χ1n) is 41.4. The molecule has 2 aromatic heterocycles. The molecule has 0 spiro atoms. The number of rotatable bonds is 15. The highest BCUT2D eigenvalue weighted by Gasteiger charge is 2.48. The molecular weight excluding hydrogens is 1450 g/mol. The number of fused-ring (bicyclic) bond motifs is 12. The van der Waals surface area contributed by atoms with Crippen LogP contribution in [0.25, 0.3) is 111 Å². The van der Waals surface area contributed by atoms with Crippen LogP contribution in [0.15, 0.2) is 485 Å². The second-order valence-electron chi connectivity index (χ2n) is 31.4. The zero-order valence-corrected chi connectivity index (χ0v) is 66.0. The van der Waals surface area contributed by atoms with E-state index in [9.17, 15) is 0 Å². The summed E-state index contributed by atoms with van der Waals surface area (Å²) in [5.74, 6) is 0. The summed E-state index contributed by atoms with van der Waals surface area (Å²) in [6, 6.07) is 177. The number of hydrogen-bond acceptors (Lipinski definition) is 2. The van der Waals surface area contributed by atoms with E-state index in [4.69, 9.17) is 0 Å². The molecule has 0 radical (unpaired) electrons. The predicted molar refractivity (Wildman–Crippen MR) is 502 cm³/mol. The summed E-state index contributed by atoms with van der Waals surface area (Å²) < 4.78 is 4.77. The molecule has 21 aromatic rings. The van der Waals surface area contributed by atoms with Gasteiger partial charge < -0.3 is 18.9 Å². The van der Waals surface area contributed by atoms with Crippen molar-refractivity contribution < 1.29 is 0 Å². The van der Waals surface area contributed by atoms with Gasteiger partial charge >= 0.3 is 0 Å². The highest BCUT2D eigenvalue weighted by molar-refractivity contribution is 6.10. The number of aromatic nitrogens is 2. The fraction of sp³-hybridized carbons (Fsp3) is 0.0172. The molecule has 23 rings (SSSR count). The van der Waals surface area contributed by atoms with Crippen molar-refractivity contribution in [2.75, 3.05) is 9.80 Å². The summed E-state index contributed by atoms with van der Waals surface area (Å²) in [5, 5.41) is 5.06. The molecule has 0 fully saturated rings. The van der Waals surface area contributed by atoms with Gasteiger partial charge in [-0.15, -0.1) is 0 Å². The van der Waals surface area contributed by atoms with Gasteiger partial charge in [0.05, 0.1) is 32.9 Å². The first-order chi connectivity index (χ1) is 59.5. The van der Waals surface area contributed by atoms with Gasteiger partial charge in [-0.1, -0.05) is 364 Å². The van der Waals surface area contributed by atoms with Gasteiger partial charge in [-0.05, 0) is 221 Å². The van der Waals surface area contributed by atoms with Crippen LogP contribution in [0, 0.1) is 0 Å². The van der Waals surface area contributed by atoms with Gasteiger partial charge in [-0.3, -0.25) is 0 Å². The van der Waals surface area contributed by atoms with Crippen LogP contribution in [-0.4, -0.2) is 9.13 Å². The first kappa shape index (κ1) is 71.0. The average Bonchev–Trinajstić information content (AvgIpc) is 1.54. The third-order valence-electron chi connectivity index (χ3n) is 24.9. The fourth-order valence-corrected chi connectivity index (χ4v) is 19.7. The molecule has 0 saturated carbocycles. The van der Waals surface area contributed by atoms with Crippen LogP contribution < -0.4 is 9.80 Å². The van der Waals surface area contributed by atoms with E-state index in [1.54, 1.807) is 0 Å². The quantitative estimate of drug-likeness (QED) is 0.102. The second kappa shape index (κ2) is 29.9. The van der Waals surface area contributed by atoms with Gasteiger partial charge in [-0.25, -0.2) is 0 Å². The number of nitrogens with zero attached hydrogens (tertiary/aromatic N) is 4. The minimum absolute atomic E-state index is 0.474. The molecule has 0 atom stereocenters. The van der Waals surface area contributed by atoms with Crippen molar-refractivity contribution in [3.8, 4) is 67.0 Å². The molecule has 0 amide bonds. The van der Waals surface area contributed by atoms with Gasteiger partial charge in [0.15, 0.2) is 0 Å². The summed E-state index contributed by atoms with van der Waals surface area (Å²) in [6.07, 6.45) is 0. The molecule has 564 valence electrons. The van der Waals surface area contributed by atoms with E-state index in [0.29, 0.717) is 0 Å². The van der Waals surface area contributed by atoms with E-state index in [1.807, 2.05) is 0 Å². The summed E-state index contributed by atoms with van der Waals surface area (Å²) in [6.45, 7) is 0. The van der Waals surface area contributed by atoms with E-state index in [-0.39, 0.29) is 0 Å². The van der Waals surface area contributed by atoms with Gasteiger partial charge in [-0.2, -0.15) is 0 Å². The molecular formula is C116H80N4. The third kappa shape index (κ3) is 11.8. The average molecular weight is 1530 g/mol. The lowest BCUT2D eigenvalue weighted by Crippen LogP contribution is -2.28. The van der Waals surface area contributed by atoms with Crippen molar-refractivity contribution in [1.29, 1.82) is 0 Å². The zero-order valence-electron chi connectivity index (χ0n) is 66.0. The number of hydrogen-bond donors (Lipinski definition) is 0. The SMILES string of the molecule is c1ccc(-c2ccc(N(c3ccc(-c4cccc(-n5c6ccccc6c6ccccc65)c4)cc3)c3ccc4c(c3)C(c3ccccc3)(c3ccccc3)c3ccccc3-4)cc2)cc1.c1ccc(N(c2ccc(-c3cccc(-n4c5ccccc5c5ccccc54)c3)cc2)c2ccc3c(c2)C(c2ccccc2)(c2ccccc2)c2ccccc2-3)cc1. The van der Waals surface area contributed by atoms with Crippen molar-refractivity contribution in [1.82, 2.24) is 9.13 Å². The summed E-state index contributed by atoms with van der Waals surface area (Å²) in [7, 11) is 0. The van der Waals surface area contributed by atoms with Crippen LogP contribution in [-0.2, 0) is 10.8 Å². The maximum absolute atomic E-state index is 2.45. The Bertz CT molecular complexity index is 7180. The van der Waals surface area contributed by atoms with Gasteiger partial charge in [0, 0.05) is 67.0 Å². The van der Waals surface area contributed by atoms with Gasteiger partial charge in [0.25, 0.3) is 0 Å². The molecule has 2 heterocycles. The predicted octanol–water partition coefficient (Wildman–Crippen LogP) is 30.2. The molecule has 19 aromatic carbocycles. The fourth-order valence-electron chi connectivity index (χ4n) is 19.7. The van der Waals surface area contributed by atoms with Crippen LogP contribution in [0.4, 0.5) is 34.1 Å². The maximum atomic E-state index is 2.45. The molecule has 0 unspecified atom stereocenters. The van der Waals surface area contributed by atoms with E-state index < -0.39 is 10.8 Å². The topological polar surface area (TPSA) is 16.3 Å². The first-order valence-corrected chi connectivity index (χ1v) is 41.4. The molecule has 0 aliphatic heterocycles. The van der Waals surface area contributed by atoms with Gasteiger partial charge in [0.1, 0.15) is 0 Å². The van der Waals surface area contributed by atoms with Gasteiger partial charge in [0.2, 0.25) is 0 Å². The molecule has 4 nitrogen and oxygen atoms in total. The lowest BCUT2D eigenvalue weighted by atomic mass is 9.67. The Kier molecular flexibility index (Phi) is 17.7. The van der Waals surface area contributed by atoms with E-state index >= 15 is 0 Å². The number of para-hydroxylation sites is 5. The number of benzene rings is 19. The van der Waals surface area contributed by atoms with Crippen molar-refractivity contribution in [3.05, 3.63) is 530 Å². The lowest BCUT2D eigenvalue weighted by molar-refractivity contribution is 0.768. The molecule has 0 bridgehead atoms. The van der Waals surface area contributed by atoms with E-state index in [0.717, 1.165) is 51.1 Å². The van der Waals surface area contributed by atoms with Crippen LogP contribution >= 0.6 is 0 Å². The Balaban J connectivity index is 0.000000145. The molecule has 120 heavy (non-hydrogen) atoms. The lowest BCUT2D eigenvalue weighted by Gasteiger charge is -2.35. The monoisotopic (exact) mass is 1530 g/mol. The Hall–Kier alpha value is -15.6. The van der Waals surface area contributed by atoms with Crippen molar-refractivity contribution in [3.63, 3.8) is 0 Å². The smallest absolute Gasteiger partial charge is 0.0714 e. The molecule has 4 heteroatoms. The largest absolute Gasteiger partial charge is 0.310 e. The van der Waals surface area contributed by atoms with Crippen LogP contribution in [0.1, 0.15) is 44.5 Å².